The zero-order valence-electron chi connectivity index (χ0n) is 23.2. The van der Waals surface area contributed by atoms with Gasteiger partial charge in [-0.2, -0.15) is 24.5 Å². The van der Waals surface area contributed by atoms with Crippen molar-refractivity contribution in [2.75, 3.05) is 33.2 Å². The fraction of sp³-hybridized carbons (Fsp3) is 0.400. The highest BCUT2D eigenvalue weighted by Crippen LogP contribution is 2.37. The first-order chi connectivity index (χ1) is 20.3. The number of nitrogens with zero attached hydrogens (tertiary/aromatic N) is 2. The summed E-state index contributed by atoms with van der Waals surface area (Å²) in [7, 11) is 1.52. The minimum absolute atomic E-state index is 0.105. The van der Waals surface area contributed by atoms with E-state index in [0.29, 0.717) is 17.5 Å². The van der Waals surface area contributed by atoms with Gasteiger partial charge in [-0.15, -0.1) is 0 Å². The van der Waals surface area contributed by atoms with Gasteiger partial charge in [0, 0.05) is 43.9 Å². The summed E-state index contributed by atoms with van der Waals surface area (Å²) in [5.74, 6) is -6.03. The van der Waals surface area contributed by atoms with Gasteiger partial charge in [0.05, 0.1) is 25.7 Å². The maximum absolute atomic E-state index is 14.8. The molecule has 3 aliphatic heterocycles. The van der Waals surface area contributed by atoms with Crippen LogP contribution in [0.1, 0.15) is 35.6 Å². The third-order valence-electron chi connectivity index (χ3n) is 8.11. The Morgan fingerprint density at radius 1 is 1.05 bits per heavy atom. The summed E-state index contributed by atoms with van der Waals surface area (Å²) in [6.45, 7) is 3.93. The Morgan fingerprint density at radius 2 is 1.67 bits per heavy atom. The maximum Gasteiger partial charge on any atom is 0.430 e. The van der Waals surface area contributed by atoms with Gasteiger partial charge >= 0.3 is 12.3 Å². The number of quaternary nitrogens is 1. The lowest BCUT2D eigenvalue weighted by Gasteiger charge is -2.52. The Hall–Kier alpha value is -3.58. The first-order valence-corrected chi connectivity index (χ1v) is 14.5. The van der Waals surface area contributed by atoms with Crippen LogP contribution in [-0.2, 0) is 16.0 Å². The molecule has 3 aliphatic rings. The molecule has 2 aromatic carbocycles. The molecule has 1 amide bonds. The van der Waals surface area contributed by atoms with Crippen LogP contribution >= 0.6 is 11.3 Å². The lowest BCUT2D eigenvalue weighted by Crippen LogP contribution is -2.65. The number of hydrogen-bond donors (Lipinski definition) is 0. The van der Waals surface area contributed by atoms with Gasteiger partial charge in [0.15, 0.2) is 17.7 Å². The van der Waals surface area contributed by atoms with Gasteiger partial charge in [0.25, 0.3) is 0 Å². The van der Waals surface area contributed by atoms with E-state index in [1.54, 1.807) is 16.8 Å². The smallest absolute Gasteiger partial charge is 0.430 e. The maximum atomic E-state index is 14.8. The van der Waals surface area contributed by atoms with Crippen LogP contribution in [0.5, 0.6) is 0 Å². The zero-order valence-corrected chi connectivity index (χ0v) is 24.0. The molecule has 0 aliphatic carbocycles. The van der Waals surface area contributed by atoms with Crippen molar-refractivity contribution in [3.05, 3.63) is 93.4 Å². The lowest BCUT2D eigenvalue weighted by atomic mass is 9.83. The number of rotatable bonds is 7. The molecule has 0 N–H and O–H groups in total. The summed E-state index contributed by atoms with van der Waals surface area (Å²) in [5, 5.41) is 12.4. The van der Waals surface area contributed by atoms with Gasteiger partial charge in [-0.25, -0.2) is 18.0 Å². The molecular weight excluding hydrogens is 598 g/mol. The molecule has 3 saturated heterocycles. The number of piperidine rings is 3. The van der Waals surface area contributed by atoms with E-state index in [1.165, 1.54) is 28.8 Å². The predicted octanol–water partition coefficient (Wildman–Crippen LogP) is 5.47. The quantitative estimate of drug-likeness (QED) is 0.198. The Bertz CT molecular complexity index is 1400. The second-order valence-corrected chi connectivity index (χ2v) is 11.6. The number of hydrogen-bond acceptors (Lipinski definition) is 5. The van der Waals surface area contributed by atoms with Crippen molar-refractivity contribution in [3.63, 3.8) is 0 Å². The number of aliphatic carboxylic acids is 1. The zero-order chi connectivity index (χ0) is 31.4. The monoisotopic (exact) mass is 628 g/mol. The molecule has 13 heteroatoms. The van der Waals surface area contributed by atoms with E-state index in [2.05, 4.69) is 24.3 Å². The van der Waals surface area contributed by atoms with Gasteiger partial charge in [-0.05, 0) is 34.0 Å². The summed E-state index contributed by atoms with van der Waals surface area (Å²) in [4.78, 5) is 23.4. The number of benzene rings is 2. The van der Waals surface area contributed by atoms with Crippen molar-refractivity contribution >= 4 is 23.4 Å². The highest BCUT2D eigenvalue weighted by atomic mass is 32.1. The molecule has 4 heterocycles. The van der Waals surface area contributed by atoms with Gasteiger partial charge in [-0.1, -0.05) is 30.3 Å². The van der Waals surface area contributed by atoms with Crippen molar-refractivity contribution in [2.45, 2.75) is 37.6 Å². The van der Waals surface area contributed by atoms with Crippen LogP contribution in [-0.4, -0.2) is 67.0 Å². The van der Waals surface area contributed by atoms with Gasteiger partial charge in [-0.3, -0.25) is 4.90 Å². The summed E-state index contributed by atoms with van der Waals surface area (Å²) in [6, 6.07) is 12.6. The van der Waals surface area contributed by atoms with E-state index >= 15 is 0 Å². The predicted molar refractivity (Wildman–Crippen MR) is 144 cm³/mol. The Kier molecular flexibility index (Phi) is 10.1. The lowest BCUT2D eigenvalue weighted by molar-refractivity contribution is -0.946. The molecule has 43 heavy (non-hydrogen) atoms. The molecule has 6 rings (SSSR count). The molecule has 232 valence electrons. The van der Waals surface area contributed by atoms with Crippen molar-refractivity contribution in [2.24, 2.45) is 5.92 Å². The summed E-state index contributed by atoms with van der Waals surface area (Å²) < 4.78 is 81.0. The number of ether oxygens (including phenoxy) is 1. The molecule has 3 aromatic rings. The van der Waals surface area contributed by atoms with Crippen molar-refractivity contribution in [3.8, 4) is 0 Å². The van der Waals surface area contributed by atoms with Gasteiger partial charge in [0.1, 0.15) is 18.3 Å². The third kappa shape index (κ3) is 7.88. The van der Waals surface area contributed by atoms with Crippen LogP contribution < -0.4 is 5.11 Å². The Morgan fingerprint density at radius 3 is 2.26 bits per heavy atom. The molecule has 0 radical (unpaired) electrons. The number of alkyl halides is 3. The molecule has 0 spiro atoms. The minimum Gasteiger partial charge on any atom is -0.542 e. The van der Waals surface area contributed by atoms with E-state index in [-0.39, 0.29) is 11.7 Å². The average molecular weight is 629 g/mol. The van der Waals surface area contributed by atoms with Gasteiger partial charge in [0.2, 0.25) is 0 Å². The summed E-state index contributed by atoms with van der Waals surface area (Å²) >= 11 is 1.38. The topological polar surface area (TPSA) is 69.7 Å². The van der Waals surface area contributed by atoms with Crippen LogP contribution in [0.3, 0.4) is 0 Å². The molecule has 6 nitrogen and oxygen atoms in total. The highest BCUT2D eigenvalue weighted by molar-refractivity contribution is 7.08. The largest absolute Gasteiger partial charge is 0.542 e. The first kappa shape index (κ1) is 32.3. The second kappa shape index (κ2) is 13.4. The van der Waals surface area contributed by atoms with E-state index in [1.807, 2.05) is 6.07 Å². The van der Waals surface area contributed by atoms with Crippen molar-refractivity contribution in [1.29, 1.82) is 0 Å². The average Bonchev–Trinajstić information content (AvgIpc) is 3.50. The fourth-order valence-electron chi connectivity index (χ4n) is 5.79. The first-order valence-electron chi connectivity index (χ1n) is 13.6. The molecule has 2 atom stereocenters. The van der Waals surface area contributed by atoms with Crippen molar-refractivity contribution < 1.29 is 50.3 Å². The molecule has 0 saturated carbocycles. The molecule has 2 bridgehead atoms. The third-order valence-corrected chi connectivity index (χ3v) is 8.81. The van der Waals surface area contributed by atoms with E-state index in [4.69, 9.17) is 14.6 Å². The van der Waals surface area contributed by atoms with E-state index in [9.17, 15) is 31.1 Å². The van der Waals surface area contributed by atoms with Crippen molar-refractivity contribution in [1.82, 2.24) is 4.90 Å². The normalized spacial score (nSPS) is 21.8. The molecule has 3 fully saturated rings. The van der Waals surface area contributed by atoms with E-state index < -0.39 is 41.7 Å². The number of carboxylic acid groups (broad SMARTS) is 1. The van der Waals surface area contributed by atoms with Crippen LogP contribution in [0, 0.1) is 23.4 Å². The highest BCUT2D eigenvalue weighted by Gasteiger charge is 2.48. The standard InChI is InChI=1S/C28H30F3N2O2S.C2HF3O2/c1-32(27(21-10-14-36-18-21)22-15-24(30)25(31)16-23(22)29)28(34)35-26-17-33(12-8-20(26)9-13-33)11-7-19-5-3-2-4-6-19;3-2(4,5)1(6)7/h2-6,10,14-16,18,20,26-27H,7-9,11-13,17H2,1H3;(H,6,7)/q+1;/p-1/t20?,26-,27?,33?;/m0./s1. The molecule has 1 aromatic heterocycles. The number of fused-ring (bicyclic) bond motifs is 3. The van der Waals surface area contributed by atoms with Crippen LogP contribution in [0.15, 0.2) is 59.3 Å². The fourth-order valence-corrected chi connectivity index (χ4v) is 6.47. The molecule has 1 unspecified atom stereocenters. The minimum atomic E-state index is -5.19. The molecular formula is C30H30F6N2O4S. The number of carboxylic acids is 1. The second-order valence-electron chi connectivity index (χ2n) is 10.8. The SMILES string of the molecule is CN(C(=O)O[C@H]1C[N+]2(CCc3ccccc3)CCC1CC2)C(c1ccsc1)c1cc(F)c(F)cc1F.O=C([O-])C(F)(F)F. The number of halogens is 6. The van der Waals surface area contributed by atoms with E-state index in [0.717, 1.165) is 56.0 Å². The summed E-state index contributed by atoms with van der Waals surface area (Å²) in [5.41, 5.74) is 1.81. The number of carbonyl (C=O) groups excluding carboxylic acids is 2. The number of amides is 1. The Labute approximate surface area is 248 Å². The number of thiophene rings is 1. The van der Waals surface area contributed by atoms with Gasteiger partial charge < -0.3 is 19.1 Å². The Balaban J connectivity index is 0.000000541. The van der Waals surface area contributed by atoms with Crippen LogP contribution in [0.2, 0.25) is 0 Å². The number of carbonyl (C=O) groups is 2. The summed E-state index contributed by atoms with van der Waals surface area (Å²) in [6.07, 6.45) is -3.03. The van der Waals surface area contributed by atoms with Crippen LogP contribution in [0.25, 0.3) is 0 Å². The van der Waals surface area contributed by atoms with Crippen LogP contribution in [0.4, 0.5) is 31.1 Å².